The molecule has 1 nitrogen and oxygen atoms in total. The van der Waals surface area contributed by atoms with E-state index in [9.17, 15) is 0 Å². The predicted octanol–water partition coefficient (Wildman–Crippen LogP) is 3.98. The second kappa shape index (κ2) is 3.84. The van der Waals surface area contributed by atoms with E-state index in [-0.39, 0.29) is 0 Å². The summed E-state index contributed by atoms with van der Waals surface area (Å²) in [6, 6.07) is 14.6. The van der Waals surface area contributed by atoms with Crippen LogP contribution in [0.4, 0.5) is 5.69 Å². The van der Waals surface area contributed by atoms with E-state index in [1.807, 2.05) is 12.1 Å². The van der Waals surface area contributed by atoms with Gasteiger partial charge >= 0.3 is 0 Å². The summed E-state index contributed by atoms with van der Waals surface area (Å²) in [5, 5.41) is 4.15. The van der Waals surface area contributed by atoms with Gasteiger partial charge in [-0.15, -0.1) is 0 Å². The average molecular weight is 230 g/mol. The van der Waals surface area contributed by atoms with Gasteiger partial charge in [0.05, 0.1) is 0 Å². The molecule has 0 atom stereocenters. The van der Waals surface area contributed by atoms with Crippen molar-refractivity contribution in [3.8, 4) is 11.1 Å². The molecular weight excluding hydrogens is 218 g/mol. The smallest absolute Gasteiger partial charge is 0.0406 e. The molecule has 0 amide bonds. The second-order valence-electron chi connectivity index (χ2n) is 4.06. The van der Waals surface area contributed by atoms with Gasteiger partial charge in [-0.2, -0.15) is 0 Å². The summed E-state index contributed by atoms with van der Waals surface area (Å²) in [6.45, 7) is 1.05. The highest BCUT2D eigenvalue weighted by molar-refractivity contribution is 6.30. The van der Waals surface area contributed by atoms with Crippen molar-refractivity contribution in [2.75, 3.05) is 11.9 Å². The number of rotatable bonds is 1. The van der Waals surface area contributed by atoms with Crippen LogP contribution in [0.5, 0.6) is 0 Å². The van der Waals surface area contributed by atoms with Gasteiger partial charge in [-0.05, 0) is 47.4 Å². The van der Waals surface area contributed by atoms with E-state index in [0.717, 1.165) is 18.0 Å². The number of hydrogen-bond donors (Lipinski definition) is 1. The van der Waals surface area contributed by atoms with Crippen LogP contribution in [0, 0.1) is 0 Å². The lowest BCUT2D eigenvalue weighted by atomic mass is 10.0. The normalized spacial score (nSPS) is 13.3. The zero-order valence-electron chi connectivity index (χ0n) is 8.83. The topological polar surface area (TPSA) is 12.0 Å². The molecule has 1 aliphatic rings. The van der Waals surface area contributed by atoms with Crippen LogP contribution in [0.25, 0.3) is 11.1 Å². The van der Waals surface area contributed by atoms with Crippen LogP contribution in [-0.2, 0) is 6.42 Å². The van der Waals surface area contributed by atoms with Gasteiger partial charge in [0.1, 0.15) is 0 Å². The number of fused-ring (bicyclic) bond motifs is 1. The summed E-state index contributed by atoms with van der Waals surface area (Å²) in [4.78, 5) is 0. The summed E-state index contributed by atoms with van der Waals surface area (Å²) >= 11 is 5.88. The largest absolute Gasteiger partial charge is 0.384 e. The Kier molecular flexibility index (Phi) is 2.33. The zero-order chi connectivity index (χ0) is 11.0. The molecule has 2 aromatic carbocycles. The molecule has 0 aromatic heterocycles. The van der Waals surface area contributed by atoms with E-state index in [1.165, 1.54) is 22.4 Å². The first-order valence-corrected chi connectivity index (χ1v) is 5.83. The van der Waals surface area contributed by atoms with Gasteiger partial charge < -0.3 is 5.32 Å². The Hall–Kier alpha value is -1.47. The first-order valence-electron chi connectivity index (χ1n) is 5.46. The quantitative estimate of drug-likeness (QED) is 0.780. The molecular formula is C14H12ClN. The van der Waals surface area contributed by atoms with Gasteiger partial charge in [-0.1, -0.05) is 29.8 Å². The molecule has 0 aliphatic carbocycles. The van der Waals surface area contributed by atoms with Gasteiger partial charge in [-0.25, -0.2) is 0 Å². The molecule has 1 heterocycles. The van der Waals surface area contributed by atoms with Crippen LogP contribution in [0.15, 0.2) is 42.5 Å². The maximum Gasteiger partial charge on any atom is 0.0406 e. The molecule has 0 saturated heterocycles. The van der Waals surface area contributed by atoms with Crippen LogP contribution in [-0.4, -0.2) is 6.54 Å². The lowest BCUT2D eigenvalue weighted by Crippen LogP contribution is -1.90. The Balaban J connectivity index is 2.03. The molecule has 0 unspecified atom stereocenters. The average Bonchev–Trinajstić information content (AvgIpc) is 2.77. The standard InChI is InChI=1S/C14H12ClN/c15-13-4-1-10(2-5-13)11-3-6-14-12(9-11)7-8-16-14/h1-6,9,16H,7-8H2. The van der Waals surface area contributed by atoms with Gasteiger partial charge in [0, 0.05) is 17.3 Å². The predicted molar refractivity (Wildman–Crippen MR) is 69.1 cm³/mol. The summed E-state index contributed by atoms with van der Waals surface area (Å²) in [5.74, 6) is 0. The number of anilines is 1. The molecule has 16 heavy (non-hydrogen) atoms. The summed E-state index contributed by atoms with van der Waals surface area (Å²) in [7, 11) is 0. The minimum Gasteiger partial charge on any atom is -0.384 e. The third-order valence-corrected chi connectivity index (χ3v) is 3.24. The molecule has 0 bridgehead atoms. The molecule has 2 aromatic rings. The molecule has 0 saturated carbocycles. The van der Waals surface area contributed by atoms with E-state index in [2.05, 4.69) is 35.6 Å². The minimum absolute atomic E-state index is 0.784. The van der Waals surface area contributed by atoms with Crippen molar-refractivity contribution in [1.29, 1.82) is 0 Å². The first-order chi connectivity index (χ1) is 7.83. The third kappa shape index (κ3) is 1.68. The Bertz CT molecular complexity index is 517. The number of halogens is 1. The van der Waals surface area contributed by atoms with E-state index >= 15 is 0 Å². The lowest BCUT2D eigenvalue weighted by molar-refractivity contribution is 1.11. The lowest BCUT2D eigenvalue weighted by Gasteiger charge is -2.05. The van der Waals surface area contributed by atoms with Crippen molar-refractivity contribution in [2.24, 2.45) is 0 Å². The van der Waals surface area contributed by atoms with Crippen LogP contribution >= 0.6 is 11.6 Å². The zero-order valence-corrected chi connectivity index (χ0v) is 9.59. The SMILES string of the molecule is Clc1ccc(-c2ccc3c(c2)CCN3)cc1. The second-order valence-corrected chi connectivity index (χ2v) is 4.49. The Morgan fingerprint density at radius 2 is 1.69 bits per heavy atom. The van der Waals surface area contributed by atoms with E-state index < -0.39 is 0 Å². The van der Waals surface area contributed by atoms with Gasteiger partial charge in [-0.3, -0.25) is 0 Å². The molecule has 0 radical (unpaired) electrons. The minimum atomic E-state index is 0.784. The van der Waals surface area contributed by atoms with E-state index in [0.29, 0.717) is 0 Å². The van der Waals surface area contributed by atoms with Crippen LogP contribution in [0.3, 0.4) is 0 Å². The highest BCUT2D eigenvalue weighted by atomic mass is 35.5. The van der Waals surface area contributed by atoms with Crippen molar-refractivity contribution in [1.82, 2.24) is 0 Å². The maximum absolute atomic E-state index is 5.88. The van der Waals surface area contributed by atoms with Crippen LogP contribution in [0.1, 0.15) is 5.56 Å². The molecule has 80 valence electrons. The molecule has 3 rings (SSSR count). The molecule has 1 N–H and O–H groups in total. The van der Waals surface area contributed by atoms with E-state index in [1.54, 1.807) is 0 Å². The Morgan fingerprint density at radius 3 is 2.50 bits per heavy atom. The fourth-order valence-electron chi connectivity index (χ4n) is 2.13. The summed E-state index contributed by atoms with van der Waals surface area (Å²) in [5.41, 5.74) is 5.17. The molecule has 0 fully saturated rings. The van der Waals surface area contributed by atoms with Crippen molar-refractivity contribution < 1.29 is 0 Å². The fourth-order valence-corrected chi connectivity index (χ4v) is 2.25. The van der Waals surface area contributed by atoms with Gasteiger partial charge in [0.2, 0.25) is 0 Å². The van der Waals surface area contributed by atoms with Gasteiger partial charge in [0.15, 0.2) is 0 Å². The monoisotopic (exact) mass is 229 g/mol. The third-order valence-electron chi connectivity index (χ3n) is 2.99. The fraction of sp³-hybridized carbons (Fsp3) is 0.143. The van der Waals surface area contributed by atoms with Gasteiger partial charge in [0.25, 0.3) is 0 Å². The van der Waals surface area contributed by atoms with Crippen molar-refractivity contribution in [2.45, 2.75) is 6.42 Å². The van der Waals surface area contributed by atoms with Crippen molar-refractivity contribution >= 4 is 17.3 Å². The summed E-state index contributed by atoms with van der Waals surface area (Å²) < 4.78 is 0. The van der Waals surface area contributed by atoms with Crippen LogP contribution in [0.2, 0.25) is 5.02 Å². The van der Waals surface area contributed by atoms with Crippen molar-refractivity contribution in [3.63, 3.8) is 0 Å². The van der Waals surface area contributed by atoms with Crippen LogP contribution < -0.4 is 5.32 Å². The van der Waals surface area contributed by atoms with Crippen molar-refractivity contribution in [3.05, 3.63) is 53.1 Å². The number of hydrogen-bond acceptors (Lipinski definition) is 1. The van der Waals surface area contributed by atoms with E-state index in [4.69, 9.17) is 11.6 Å². The molecule has 1 aliphatic heterocycles. The molecule has 0 spiro atoms. The molecule has 2 heteroatoms. The number of benzene rings is 2. The Morgan fingerprint density at radius 1 is 0.938 bits per heavy atom. The highest BCUT2D eigenvalue weighted by Gasteiger charge is 2.10. The maximum atomic E-state index is 5.88. The summed E-state index contributed by atoms with van der Waals surface area (Å²) in [6.07, 6.45) is 1.12. The number of nitrogens with one attached hydrogen (secondary N) is 1. The first kappa shape index (κ1) is 9.73. The highest BCUT2D eigenvalue weighted by Crippen LogP contribution is 2.29. The Labute approximate surface area is 100 Å².